The van der Waals surface area contributed by atoms with E-state index < -0.39 is 6.23 Å². The predicted octanol–water partition coefficient (Wildman–Crippen LogP) is 4.56. The summed E-state index contributed by atoms with van der Waals surface area (Å²) in [7, 11) is 1.37. The average Bonchev–Trinajstić information content (AvgIpc) is 3.58. The Balaban J connectivity index is 1.45. The standard InChI is InChI=1S/C25H26FN5O3/c1-34-24(32)5-3-2-4-23-27-21-14-19(30-15-22(28-29-30)16-6-7-16)12-13-20(21)25(33)31(23)18-10-8-17(26)9-11-18/h8-16,25,33H,2-7H2,1H3/t25-/m1/s1. The number of hydrogen-bond acceptors (Lipinski definition) is 7. The lowest BCUT2D eigenvalue weighted by Gasteiger charge is -2.35. The van der Waals surface area contributed by atoms with Crippen LogP contribution in [0.25, 0.3) is 5.69 Å². The fourth-order valence-corrected chi connectivity index (χ4v) is 4.15. The van der Waals surface area contributed by atoms with Crippen molar-refractivity contribution in [1.82, 2.24) is 15.0 Å². The molecule has 0 bridgehead atoms. The second-order valence-electron chi connectivity index (χ2n) is 8.64. The minimum atomic E-state index is -0.986. The van der Waals surface area contributed by atoms with E-state index in [9.17, 15) is 14.3 Å². The van der Waals surface area contributed by atoms with Crippen LogP contribution in [0, 0.1) is 5.82 Å². The number of anilines is 1. The number of ether oxygens (including phenoxy) is 1. The van der Waals surface area contributed by atoms with Gasteiger partial charge in [0.25, 0.3) is 0 Å². The summed E-state index contributed by atoms with van der Waals surface area (Å²) in [4.78, 5) is 18.0. The van der Waals surface area contributed by atoms with Crippen LogP contribution in [0.4, 0.5) is 15.8 Å². The van der Waals surface area contributed by atoms with Crippen molar-refractivity contribution in [2.75, 3.05) is 12.0 Å². The molecule has 176 valence electrons. The van der Waals surface area contributed by atoms with Gasteiger partial charge in [-0.25, -0.2) is 14.1 Å². The molecule has 1 fully saturated rings. The van der Waals surface area contributed by atoms with Crippen molar-refractivity contribution in [3.05, 3.63) is 65.7 Å². The van der Waals surface area contributed by atoms with Gasteiger partial charge >= 0.3 is 5.97 Å². The molecule has 0 unspecified atom stereocenters. The van der Waals surface area contributed by atoms with Crippen molar-refractivity contribution in [1.29, 1.82) is 0 Å². The maximum Gasteiger partial charge on any atom is 0.305 e. The highest BCUT2D eigenvalue weighted by atomic mass is 19.1. The number of benzene rings is 2. The molecule has 2 aliphatic rings. The van der Waals surface area contributed by atoms with Crippen LogP contribution in [-0.2, 0) is 9.53 Å². The van der Waals surface area contributed by atoms with Gasteiger partial charge in [-0.1, -0.05) is 11.3 Å². The third-order valence-electron chi connectivity index (χ3n) is 6.20. The third-order valence-corrected chi connectivity index (χ3v) is 6.20. The van der Waals surface area contributed by atoms with Gasteiger partial charge in [-0.2, -0.15) is 0 Å². The maximum atomic E-state index is 13.5. The number of methoxy groups -OCH3 is 1. The fraction of sp³-hybridized carbons (Fsp3) is 0.360. The van der Waals surface area contributed by atoms with Crippen molar-refractivity contribution in [3.8, 4) is 5.69 Å². The Morgan fingerprint density at radius 2 is 1.91 bits per heavy atom. The maximum absolute atomic E-state index is 13.5. The number of esters is 1. The van der Waals surface area contributed by atoms with E-state index in [0.29, 0.717) is 54.4 Å². The first-order valence-electron chi connectivity index (χ1n) is 11.5. The lowest BCUT2D eigenvalue weighted by molar-refractivity contribution is -0.140. The molecular weight excluding hydrogens is 437 g/mol. The summed E-state index contributed by atoms with van der Waals surface area (Å²) in [6.45, 7) is 0. The van der Waals surface area contributed by atoms with Crippen LogP contribution in [0.2, 0.25) is 0 Å². The first kappa shape index (κ1) is 22.2. The van der Waals surface area contributed by atoms with Crippen LogP contribution in [0.5, 0.6) is 0 Å². The smallest absolute Gasteiger partial charge is 0.305 e. The van der Waals surface area contributed by atoms with Gasteiger partial charge in [0.2, 0.25) is 0 Å². The van der Waals surface area contributed by atoms with E-state index in [1.54, 1.807) is 21.7 Å². The number of fused-ring (bicyclic) bond motifs is 1. The number of rotatable bonds is 8. The van der Waals surface area contributed by atoms with E-state index in [1.807, 2.05) is 24.4 Å². The van der Waals surface area contributed by atoms with E-state index in [2.05, 4.69) is 10.3 Å². The number of aliphatic imine (C=N–C) groups is 1. The molecule has 0 saturated heterocycles. The van der Waals surface area contributed by atoms with Crippen molar-refractivity contribution in [2.24, 2.45) is 4.99 Å². The highest BCUT2D eigenvalue weighted by molar-refractivity contribution is 6.01. The van der Waals surface area contributed by atoms with Crippen molar-refractivity contribution >= 4 is 23.2 Å². The van der Waals surface area contributed by atoms with Crippen molar-refractivity contribution in [2.45, 2.75) is 50.7 Å². The second kappa shape index (κ2) is 9.34. The number of aliphatic hydroxyl groups is 1. The van der Waals surface area contributed by atoms with Gasteiger partial charge in [0.05, 0.1) is 30.4 Å². The molecule has 1 saturated carbocycles. The Bertz CT molecular complexity index is 1220. The van der Waals surface area contributed by atoms with Crippen LogP contribution in [0.1, 0.15) is 61.9 Å². The number of aliphatic hydroxyl groups excluding tert-OH is 1. The fourth-order valence-electron chi connectivity index (χ4n) is 4.15. The zero-order chi connectivity index (χ0) is 23.7. The van der Waals surface area contributed by atoms with Gasteiger partial charge in [0.15, 0.2) is 6.23 Å². The second-order valence-corrected chi connectivity index (χ2v) is 8.64. The van der Waals surface area contributed by atoms with E-state index in [-0.39, 0.29) is 11.8 Å². The number of amidine groups is 1. The molecule has 9 heteroatoms. The van der Waals surface area contributed by atoms with Crippen LogP contribution in [0.15, 0.2) is 53.7 Å². The zero-order valence-corrected chi connectivity index (χ0v) is 18.9. The number of unbranched alkanes of at least 4 members (excludes halogenated alkanes) is 1. The summed E-state index contributed by atoms with van der Waals surface area (Å²) < 4.78 is 20.0. The molecule has 0 spiro atoms. The molecule has 0 radical (unpaired) electrons. The topological polar surface area (TPSA) is 92.8 Å². The quantitative estimate of drug-likeness (QED) is 0.389. The number of aromatic nitrogens is 3. The highest BCUT2D eigenvalue weighted by Crippen LogP contribution is 2.40. The van der Waals surface area contributed by atoms with Gasteiger partial charge in [0, 0.05) is 30.0 Å². The first-order valence-corrected chi connectivity index (χ1v) is 11.5. The zero-order valence-electron chi connectivity index (χ0n) is 18.9. The molecule has 1 aromatic heterocycles. The summed E-state index contributed by atoms with van der Waals surface area (Å²) in [6, 6.07) is 11.6. The van der Waals surface area contributed by atoms with E-state index in [4.69, 9.17) is 9.73 Å². The Hall–Kier alpha value is -3.59. The van der Waals surface area contributed by atoms with E-state index >= 15 is 0 Å². The summed E-state index contributed by atoms with van der Waals surface area (Å²) >= 11 is 0. The predicted molar refractivity (Wildman–Crippen MR) is 125 cm³/mol. The van der Waals surface area contributed by atoms with Gasteiger partial charge in [-0.3, -0.25) is 9.69 Å². The number of halogens is 1. The molecule has 5 rings (SSSR count). The lowest BCUT2D eigenvalue weighted by atomic mass is 10.0. The van der Waals surface area contributed by atoms with Crippen LogP contribution in [-0.4, -0.2) is 39.0 Å². The average molecular weight is 464 g/mol. The van der Waals surface area contributed by atoms with Gasteiger partial charge < -0.3 is 9.84 Å². The molecule has 8 nitrogen and oxygen atoms in total. The Morgan fingerprint density at radius 1 is 1.15 bits per heavy atom. The number of carbonyl (C=O) groups excluding carboxylic acids is 1. The molecule has 0 amide bonds. The molecule has 2 aromatic carbocycles. The molecule has 1 atom stereocenters. The molecule has 1 aliphatic heterocycles. The van der Waals surface area contributed by atoms with Gasteiger partial charge in [-0.05, 0) is 62.1 Å². The first-order chi connectivity index (χ1) is 16.5. The minimum Gasteiger partial charge on any atom is -0.469 e. The number of carbonyl (C=O) groups is 1. The lowest BCUT2D eigenvalue weighted by Crippen LogP contribution is -2.37. The van der Waals surface area contributed by atoms with Crippen LogP contribution < -0.4 is 4.90 Å². The molecular formula is C25H26FN5O3. The van der Waals surface area contributed by atoms with Gasteiger partial charge in [0.1, 0.15) is 11.7 Å². The summed E-state index contributed by atoms with van der Waals surface area (Å²) in [5.74, 6) is 0.544. The molecule has 1 N–H and O–H groups in total. The van der Waals surface area contributed by atoms with E-state index in [0.717, 1.165) is 24.2 Å². The summed E-state index contributed by atoms with van der Waals surface area (Å²) in [5.41, 5.74) is 3.74. The SMILES string of the molecule is COC(=O)CCCCC1=Nc2cc(-n3cc(C4CC4)nn3)ccc2[C@@H](O)N1c1ccc(F)cc1. The molecule has 1 aliphatic carbocycles. The Morgan fingerprint density at radius 3 is 2.65 bits per heavy atom. The normalized spacial score (nSPS) is 17.3. The molecule has 34 heavy (non-hydrogen) atoms. The van der Waals surface area contributed by atoms with Crippen LogP contribution >= 0.6 is 0 Å². The minimum absolute atomic E-state index is 0.255. The molecule has 2 heterocycles. The Kier molecular flexibility index (Phi) is 6.10. The summed E-state index contributed by atoms with van der Waals surface area (Å²) in [6.07, 6.45) is 5.43. The largest absolute Gasteiger partial charge is 0.469 e. The Labute approximate surface area is 196 Å². The number of hydrogen-bond donors (Lipinski definition) is 1. The van der Waals surface area contributed by atoms with Crippen LogP contribution in [0.3, 0.4) is 0 Å². The van der Waals surface area contributed by atoms with Crippen molar-refractivity contribution in [3.63, 3.8) is 0 Å². The highest BCUT2D eigenvalue weighted by Gasteiger charge is 2.30. The van der Waals surface area contributed by atoms with E-state index in [1.165, 1.54) is 19.2 Å². The van der Waals surface area contributed by atoms with Crippen molar-refractivity contribution < 1.29 is 19.0 Å². The third kappa shape index (κ3) is 4.56. The summed E-state index contributed by atoms with van der Waals surface area (Å²) in [5, 5.41) is 19.8. The van der Waals surface area contributed by atoms with Gasteiger partial charge in [-0.15, -0.1) is 5.10 Å². The molecule has 3 aromatic rings. The number of nitrogens with zero attached hydrogens (tertiary/aromatic N) is 5. The monoisotopic (exact) mass is 463 g/mol.